The van der Waals surface area contributed by atoms with E-state index in [1.54, 1.807) is 25.4 Å². The SMILES string of the molecule is CNC(=O)c1ccc(N2CCN(Cc3cc4[nH]c(=O)c5c(C)cnn5c4cc3F)CC2)c(C)n1. The second-order valence-corrected chi connectivity index (χ2v) is 8.65. The lowest BCUT2D eigenvalue weighted by atomic mass is 10.1. The number of carbonyl (C=O) groups is 1. The number of hydrogen-bond acceptors (Lipinski definition) is 6. The van der Waals surface area contributed by atoms with Gasteiger partial charge in [-0.2, -0.15) is 5.10 Å². The van der Waals surface area contributed by atoms with Crippen LogP contribution in [0.25, 0.3) is 16.6 Å². The number of halogens is 1. The van der Waals surface area contributed by atoms with Gasteiger partial charge in [0, 0.05) is 57.0 Å². The lowest BCUT2D eigenvalue weighted by Gasteiger charge is -2.36. The monoisotopic (exact) mass is 463 g/mol. The molecule has 0 unspecified atom stereocenters. The Hall–Kier alpha value is -3.79. The largest absolute Gasteiger partial charge is 0.368 e. The molecule has 34 heavy (non-hydrogen) atoms. The van der Waals surface area contributed by atoms with Crippen LogP contribution in [-0.2, 0) is 6.54 Å². The van der Waals surface area contributed by atoms with Crippen LogP contribution in [-0.4, -0.2) is 63.6 Å². The standard InChI is InChI=1S/C24H26FN7O2/c1-14-12-27-32-21-11-17(25)16(10-19(21)29-24(34)22(14)32)13-30-6-8-31(9-7-30)20-5-4-18(23(33)26-3)28-15(20)2/h4-5,10-12H,6-9,13H2,1-3H3,(H,26,33)(H,29,34). The number of amides is 1. The molecule has 0 bridgehead atoms. The number of aromatic nitrogens is 4. The van der Waals surface area contributed by atoms with Crippen molar-refractivity contribution in [2.45, 2.75) is 20.4 Å². The molecule has 5 rings (SSSR count). The lowest BCUT2D eigenvalue weighted by Crippen LogP contribution is -2.46. The van der Waals surface area contributed by atoms with E-state index in [-0.39, 0.29) is 17.3 Å². The Bertz CT molecular complexity index is 1470. The van der Waals surface area contributed by atoms with Gasteiger partial charge in [-0.05, 0) is 32.0 Å². The molecule has 176 valence electrons. The lowest BCUT2D eigenvalue weighted by molar-refractivity contribution is 0.0958. The fourth-order valence-electron chi connectivity index (χ4n) is 4.60. The number of fused-ring (bicyclic) bond motifs is 3. The van der Waals surface area contributed by atoms with Crippen molar-refractivity contribution in [3.05, 3.63) is 69.1 Å². The number of pyridine rings is 1. The van der Waals surface area contributed by atoms with Crippen LogP contribution in [0.5, 0.6) is 0 Å². The molecule has 1 fully saturated rings. The van der Waals surface area contributed by atoms with E-state index in [1.165, 1.54) is 10.6 Å². The summed E-state index contributed by atoms with van der Waals surface area (Å²) in [5.41, 5.74) is 4.79. The van der Waals surface area contributed by atoms with Gasteiger partial charge in [-0.1, -0.05) is 0 Å². The summed E-state index contributed by atoms with van der Waals surface area (Å²) in [6.45, 7) is 7.19. The number of piperazine rings is 1. The second kappa shape index (κ2) is 8.53. The number of nitrogens with zero attached hydrogens (tertiary/aromatic N) is 5. The number of nitrogens with one attached hydrogen (secondary N) is 2. The number of aryl methyl sites for hydroxylation is 2. The third-order valence-corrected chi connectivity index (χ3v) is 6.43. The van der Waals surface area contributed by atoms with Crippen LogP contribution < -0.4 is 15.8 Å². The van der Waals surface area contributed by atoms with Crippen LogP contribution in [0.2, 0.25) is 0 Å². The Morgan fingerprint density at radius 1 is 1.18 bits per heavy atom. The van der Waals surface area contributed by atoms with Crippen molar-refractivity contribution in [3.8, 4) is 0 Å². The van der Waals surface area contributed by atoms with E-state index < -0.39 is 0 Å². The second-order valence-electron chi connectivity index (χ2n) is 8.65. The molecule has 0 spiro atoms. The minimum atomic E-state index is -0.318. The molecular formula is C24H26FN7O2. The number of aromatic amines is 1. The highest BCUT2D eigenvalue weighted by molar-refractivity contribution is 5.92. The first-order valence-electron chi connectivity index (χ1n) is 11.2. The Morgan fingerprint density at radius 3 is 2.65 bits per heavy atom. The highest BCUT2D eigenvalue weighted by Gasteiger charge is 2.21. The molecule has 1 aliphatic heterocycles. The molecule has 4 aromatic rings. The molecule has 1 saturated heterocycles. The van der Waals surface area contributed by atoms with E-state index in [0.29, 0.717) is 34.4 Å². The van der Waals surface area contributed by atoms with Crippen molar-refractivity contribution in [2.24, 2.45) is 0 Å². The first-order valence-corrected chi connectivity index (χ1v) is 11.2. The number of hydrogen-bond donors (Lipinski definition) is 2. The van der Waals surface area contributed by atoms with Crippen LogP contribution >= 0.6 is 0 Å². The zero-order chi connectivity index (χ0) is 24.0. The molecule has 0 aliphatic carbocycles. The van der Waals surface area contributed by atoms with Crippen molar-refractivity contribution < 1.29 is 9.18 Å². The Kier molecular flexibility index (Phi) is 5.52. The van der Waals surface area contributed by atoms with E-state index >= 15 is 4.39 Å². The molecule has 1 aromatic carbocycles. The van der Waals surface area contributed by atoms with E-state index in [2.05, 4.69) is 30.2 Å². The van der Waals surface area contributed by atoms with Crippen LogP contribution in [0.1, 0.15) is 27.3 Å². The Labute approximate surface area is 195 Å². The molecule has 0 radical (unpaired) electrons. The minimum absolute atomic E-state index is 0.207. The summed E-state index contributed by atoms with van der Waals surface area (Å²) in [5.74, 6) is -0.525. The normalized spacial score (nSPS) is 14.8. The van der Waals surface area contributed by atoms with Crippen molar-refractivity contribution in [1.82, 2.24) is 29.8 Å². The van der Waals surface area contributed by atoms with Gasteiger partial charge in [-0.3, -0.25) is 14.5 Å². The molecule has 3 aromatic heterocycles. The van der Waals surface area contributed by atoms with Crippen LogP contribution in [0.4, 0.5) is 10.1 Å². The molecular weight excluding hydrogens is 437 g/mol. The number of benzene rings is 1. The molecule has 0 atom stereocenters. The zero-order valence-electron chi connectivity index (χ0n) is 19.4. The van der Waals surface area contributed by atoms with Crippen molar-refractivity contribution in [2.75, 3.05) is 38.1 Å². The minimum Gasteiger partial charge on any atom is -0.368 e. The molecule has 0 saturated carbocycles. The maximum absolute atomic E-state index is 15.0. The maximum atomic E-state index is 15.0. The number of carbonyl (C=O) groups excluding carboxylic acids is 1. The first kappa shape index (κ1) is 22.0. The van der Waals surface area contributed by atoms with Gasteiger partial charge in [-0.15, -0.1) is 0 Å². The van der Waals surface area contributed by atoms with Gasteiger partial charge in [0.15, 0.2) is 0 Å². The smallest absolute Gasteiger partial charge is 0.274 e. The maximum Gasteiger partial charge on any atom is 0.274 e. The number of anilines is 1. The summed E-state index contributed by atoms with van der Waals surface area (Å²) in [4.78, 5) is 36.0. The predicted molar refractivity (Wildman–Crippen MR) is 128 cm³/mol. The van der Waals surface area contributed by atoms with Gasteiger partial charge < -0.3 is 15.2 Å². The summed E-state index contributed by atoms with van der Waals surface area (Å²) in [6, 6.07) is 6.82. The number of H-pyrrole nitrogens is 1. The van der Waals surface area contributed by atoms with Crippen LogP contribution in [0, 0.1) is 19.7 Å². The topological polar surface area (TPSA) is 98.6 Å². The van der Waals surface area contributed by atoms with Crippen molar-refractivity contribution >= 4 is 28.1 Å². The number of rotatable bonds is 4. The molecule has 1 amide bonds. The third-order valence-electron chi connectivity index (χ3n) is 6.43. The summed E-state index contributed by atoms with van der Waals surface area (Å²) in [6.07, 6.45) is 1.61. The van der Waals surface area contributed by atoms with Gasteiger partial charge in [0.1, 0.15) is 17.0 Å². The molecule has 10 heteroatoms. The van der Waals surface area contributed by atoms with E-state index in [9.17, 15) is 9.59 Å². The summed E-state index contributed by atoms with van der Waals surface area (Å²) < 4.78 is 16.5. The van der Waals surface area contributed by atoms with E-state index in [1.807, 2.05) is 19.9 Å². The zero-order valence-corrected chi connectivity index (χ0v) is 19.4. The quantitative estimate of drug-likeness (QED) is 0.481. The third kappa shape index (κ3) is 3.79. The van der Waals surface area contributed by atoms with E-state index in [4.69, 9.17) is 0 Å². The average molecular weight is 464 g/mol. The summed E-state index contributed by atoms with van der Waals surface area (Å²) in [7, 11) is 1.58. The van der Waals surface area contributed by atoms with Crippen molar-refractivity contribution in [1.29, 1.82) is 0 Å². The van der Waals surface area contributed by atoms with Gasteiger partial charge in [0.2, 0.25) is 0 Å². The van der Waals surface area contributed by atoms with Gasteiger partial charge >= 0.3 is 0 Å². The van der Waals surface area contributed by atoms with Crippen LogP contribution in [0.15, 0.2) is 35.3 Å². The van der Waals surface area contributed by atoms with Crippen molar-refractivity contribution in [3.63, 3.8) is 0 Å². The fourth-order valence-corrected chi connectivity index (χ4v) is 4.60. The Balaban J connectivity index is 1.32. The predicted octanol–water partition coefficient (Wildman–Crippen LogP) is 2.01. The average Bonchev–Trinajstić information content (AvgIpc) is 3.22. The molecule has 4 heterocycles. The van der Waals surface area contributed by atoms with Gasteiger partial charge in [0.25, 0.3) is 11.5 Å². The molecule has 9 nitrogen and oxygen atoms in total. The highest BCUT2D eigenvalue weighted by Crippen LogP contribution is 2.23. The van der Waals surface area contributed by atoms with Crippen LogP contribution in [0.3, 0.4) is 0 Å². The molecule has 1 aliphatic rings. The first-order chi connectivity index (χ1) is 16.4. The summed E-state index contributed by atoms with van der Waals surface area (Å²) in [5, 5.41) is 6.83. The van der Waals surface area contributed by atoms with Gasteiger partial charge in [0.05, 0.1) is 28.6 Å². The van der Waals surface area contributed by atoms with Gasteiger partial charge in [-0.25, -0.2) is 13.9 Å². The fraction of sp³-hybridized carbons (Fsp3) is 0.333. The van der Waals surface area contributed by atoms with E-state index in [0.717, 1.165) is 43.1 Å². The highest BCUT2D eigenvalue weighted by atomic mass is 19.1. The summed E-state index contributed by atoms with van der Waals surface area (Å²) >= 11 is 0. The Morgan fingerprint density at radius 2 is 1.94 bits per heavy atom. The molecule has 2 N–H and O–H groups in total.